The molecule has 1 amide bonds. The molecule has 2 aromatic carbocycles. The second kappa shape index (κ2) is 11.6. The van der Waals surface area contributed by atoms with Gasteiger partial charge in [-0.15, -0.1) is 0 Å². The van der Waals surface area contributed by atoms with Crippen LogP contribution in [0.4, 0.5) is 5.69 Å². The molecule has 0 radical (unpaired) electrons. The molecule has 0 aliphatic rings. The first kappa shape index (κ1) is 23.8. The minimum atomic E-state index is -2.67. The van der Waals surface area contributed by atoms with Crippen molar-refractivity contribution in [3.8, 4) is 5.75 Å². The zero-order chi connectivity index (χ0) is 22.0. The van der Waals surface area contributed by atoms with E-state index in [2.05, 4.69) is 11.4 Å². The number of amides is 1. The van der Waals surface area contributed by atoms with Crippen LogP contribution in [-0.2, 0) is 19.8 Å². The van der Waals surface area contributed by atoms with Gasteiger partial charge in [-0.2, -0.15) is 8.42 Å². The third-order valence-electron chi connectivity index (χ3n) is 3.56. The highest BCUT2D eigenvalue weighted by molar-refractivity contribution is 7.71. The SMILES string of the molecule is COc1ccccc1C(OC)C(=O)Nc1cc(C)cc(C)c1.O=[N+]([O-])C=S(=O)=O. The maximum absolute atomic E-state index is 12.5. The molecule has 0 fully saturated rings. The first-order valence-electron chi connectivity index (χ1n) is 8.29. The van der Waals surface area contributed by atoms with Crippen LogP contribution in [0.2, 0.25) is 0 Å². The summed E-state index contributed by atoms with van der Waals surface area (Å²) in [7, 11) is 0.419. The molecule has 1 atom stereocenters. The van der Waals surface area contributed by atoms with Crippen LogP contribution in [0.1, 0.15) is 22.8 Å². The van der Waals surface area contributed by atoms with Crippen molar-refractivity contribution < 1.29 is 27.6 Å². The number of hydrogen-bond acceptors (Lipinski definition) is 7. The maximum atomic E-state index is 12.5. The van der Waals surface area contributed by atoms with Crippen LogP contribution in [0, 0.1) is 24.0 Å². The molecule has 0 bridgehead atoms. The Bertz CT molecular complexity index is 975. The van der Waals surface area contributed by atoms with E-state index in [0.717, 1.165) is 16.8 Å². The fourth-order valence-corrected chi connectivity index (χ4v) is 2.72. The lowest BCUT2D eigenvalue weighted by Gasteiger charge is -2.18. The number of methoxy groups -OCH3 is 2. The van der Waals surface area contributed by atoms with Gasteiger partial charge in [0.05, 0.1) is 12.0 Å². The molecule has 9 nitrogen and oxygen atoms in total. The van der Waals surface area contributed by atoms with Crippen LogP contribution >= 0.6 is 0 Å². The number of rotatable bonds is 6. The summed E-state index contributed by atoms with van der Waals surface area (Å²) in [5, 5.41) is 12.1. The summed E-state index contributed by atoms with van der Waals surface area (Å²) >= 11 is 0. The summed E-state index contributed by atoms with van der Waals surface area (Å²) < 4.78 is 29.3. The van der Waals surface area contributed by atoms with Gasteiger partial charge >= 0.3 is 5.49 Å². The van der Waals surface area contributed by atoms with Gasteiger partial charge in [0.25, 0.3) is 16.2 Å². The highest BCUT2D eigenvalue weighted by Gasteiger charge is 2.23. The number of benzene rings is 2. The van der Waals surface area contributed by atoms with E-state index >= 15 is 0 Å². The van der Waals surface area contributed by atoms with E-state index in [-0.39, 0.29) is 11.4 Å². The van der Waals surface area contributed by atoms with E-state index in [1.807, 2.05) is 50.2 Å². The number of nitro groups is 1. The van der Waals surface area contributed by atoms with Crippen molar-refractivity contribution in [3.63, 3.8) is 0 Å². The highest BCUT2D eigenvalue weighted by atomic mass is 32.2. The number of anilines is 1. The molecule has 0 spiro atoms. The van der Waals surface area contributed by atoms with Gasteiger partial charge in [0, 0.05) is 18.4 Å². The lowest BCUT2D eigenvalue weighted by atomic mass is 10.1. The number of carbonyl (C=O) groups is 1. The Morgan fingerprint density at radius 1 is 1.14 bits per heavy atom. The molecule has 2 aromatic rings. The van der Waals surface area contributed by atoms with Crippen LogP contribution in [0.5, 0.6) is 5.75 Å². The molecule has 0 saturated heterocycles. The van der Waals surface area contributed by atoms with Crippen molar-refractivity contribution in [3.05, 3.63) is 69.3 Å². The molecular weight excluding hydrogens is 400 g/mol. The van der Waals surface area contributed by atoms with Crippen molar-refractivity contribution >= 4 is 27.4 Å². The Balaban J connectivity index is 0.000000516. The predicted molar refractivity (Wildman–Crippen MR) is 109 cm³/mol. The van der Waals surface area contributed by atoms with Crippen molar-refractivity contribution in [2.24, 2.45) is 0 Å². The zero-order valence-corrected chi connectivity index (χ0v) is 17.2. The fourth-order valence-electron chi connectivity index (χ4n) is 2.58. The number of aryl methyl sites for hydroxylation is 2. The van der Waals surface area contributed by atoms with Crippen LogP contribution in [0.3, 0.4) is 0 Å². The van der Waals surface area contributed by atoms with E-state index in [9.17, 15) is 13.2 Å². The first-order valence-corrected chi connectivity index (χ1v) is 9.43. The Morgan fingerprint density at radius 2 is 1.72 bits per heavy atom. The fraction of sp³-hybridized carbons (Fsp3) is 0.263. The summed E-state index contributed by atoms with van der Waals surface area (Å²) in [6.45, 7) is 3.99. The second-order valence-electron chi connectivity index (χ2n) is 5.87. The molecule has 156 valence electrons. The molecule has 0 aliphatic carbocycles. The average Bonchev–Trinajstić information content (AvgIpc) is 2.61. The van der Waals surface area contributed by atoms with Gasteiger partial charge in [0.2, 0.25) is 0 Å². The molecule has 29 heavy (non-hydrogen) atoms. The number of ether oxygens (including phenoxy) is 2. The minimum Gasteiger partial charge on any atom is -0.496 e. The van der Waals surface area contributed by atoms with E-state index in [1.165, 1.54) is 7.11 Å². The molecule has 0 heterocycles. The molecule has 1 N–H and O–H groups in total. The maximum Gasteiger partial charge on any atom is 0.351 e. The van der Waals surface area contributed by atoms with Crippen molar-refractivity contribution in [2.45, 2.75) is 20.0 Å². The molecule has 2 rings (SSSR count). The third kappa shape index (κ3) is 8.11. The summed E-state index contributed by atoms with van der Waals surface area (Å²) in [4.78, 5) is 20.7. The van der Waals surface area contributed by atoms with Crippen LogP contribution in [-0.4, -0.2) is 39.0 Å². The van der Waals surface area contributed by atoms with Gasteiger partial charge in [-0.05, 0) is 43.2 Å². The predicted octanol–water partition coefficient (Wildman–Crippen LogP) is 2.54. The topological polar surface area (TPSA) is 125 Å². The number of nitrogens with zero attached hydrogens (tertiary/aromatic N) is 1. The van der Waals surface area contributed by atoms with Crippen LogP contribution < -0.4 is 10.1 Å². The zero-order valence-electron chi connectivity index (χ0n) is 16.4. The van der Waals surface area contributed by atoms with Crippen LogP contribution in [0.15, 0.2) is 42.5 Å². The first-order chi connectivity index (χ1) is 13.7. The normalized spacial score (nSPS) is 10.8. The molecule has 0 aliphatic heterocycles. The van der Waals surface area contributed by atoms with Crippen LogP contribution in [0.25, 0.3) is 0 Å². The van der Waals surface area contributed by atoms with Crippen molar-refractivity contribution in [1.29, 1.82) is 0 Å². The molecular formula is C19H22N2O7S. The number of para-hydroxylation sites is 1. The number of carbonyl (C=O) groups excluding carboxylic acids is 1. The second-order valence-corrected chi connectivity index (χ2v) is 6.61. The van der Waals surface area contributed by atoms with Gasteiger partial charge in [0.1, 0.15) is 5.75 Å². The van der Waals surface area contributed by atoms with E-state index in [4.69, 9.17) is 19.6 Å². The smallest absolute Gasteiger partial charge is 0.351 e. The van der Waals surface area contributed by atoms with E-state index in [1.54, 1.807) is 7.11 Å². The monoisotopic (exact) mass is 422 g/mol. The molecule has 0 aromatic heterocycles. The van der Waals surface area contributed by atoms with E-state index < -0.39 is 21.3 Å². The lowest BCUT2D eigenvalue weighted by molar-refractivity contribution is -0.334. The number of nitrogens with one attached hydrogen (secondary N) is 1. The van der Waals surface area contributed by atoms with Gasteiger partial charge in [-0.3, -0.25) is 14.9 Å². The largest absolute Gasteiger partial charge is 0.496 e. The summed E-state index contributed by atoms with van der Waals surface area (Å²) in [5.41, 5.74) is 3.64. The highest BCUT2D eigenvalue weighted by Crippen LogP contribution is 2.28. The summed E-state index contributed by atoms with van der Waals surface area (Å²) in [6, 6.07) is 13.3. The average molecular weight is 422 g/mol. The number of hydrogen-bond donors (Lipinski definition) is 1. The summed E-state index contributed by atoms with van der Waals surface area (Å²) in [5.74, 6) is 0.405. The van der Waals surface area contributed by atoms with Gasteiger partial charge in [0.15, 0.2) is 6.10 Å². The third-order valence-corrected chi connectivity index (χ3v) is 3.90. The lowest BCUT2D eigenvalue weighted by Crippen LogP contribution is -2.23. The Kier molecular flexibility index (Phi) is 9.49. The Morgan fingerprint density at radius 3 is 2.17 bits per heavy atom. The Labute approximate surface area is 170 Å². The van der Waals surface area contributed by atoms with Gasteiger partial charge < -0.3 is 14.8 Å². The standard InChI is InChI=1S/C18H21NO3.CHNO4S/c1-12-9-13(2)11-14(10-12)19-18(20)17(22-4)15-7-5-6-8-16(15)21-3;3-2(4)1-7(5)6/h5-11,17H,1-4H3,(H,19,20);1H. The van der Waals surface area contributed by atoms with Gasteiger partial charge in [-0.25, -0.2) is 0 Å². The summed E-state index contributed by atoms with van der Waals surface area (Å²) in [6.07, 6.45) is -0.725. The Hall–Kier alpha value is -3.24. The molecule has 1 unspecified atom stereocenters. The van der Waals surface area contributed by atoms with Crippen molar-refractivity contribution in [1.82, 2.24) is 0 Å². The van der Waals surface area contributed by atoms with Crippen molar-refractivity contribution in [2.75, 3.05) is 19.5 Å². The minimum absolute atomic E-state index is 0.0278. The molecule has 0 saturated carbocycles. The van der Waals surface area contributed by atoms with Gasteiger partial charge in [-0.1, -0.05) is 24.3 Å². The molecule has 10 heteroatoms. The van der Waals surface area contributed by atoms with E-state index in [0.29, 0.717) is 11.3 Å². The quantitative estimate of drug-likeness (QED) is 0.431.